The number of aromatic hydroxyl groups is 2. The molecule has 2 N–H and O–H groups in total. The number of hydrogen-bond acceptors (Lipinski definition) is 3. The van der Waals surface area contributed by atoms with Gasteiger partial charge in [-0.25, -0.2) is 0 Å². The Labute approximate surface area is 133 Å². The largest absolute Gasteiger partial charge is 0.507 e. The first-order chi connectivity index (χ1) is 11.2. The van der Waals surface area contributed by atoms with E-state index in [1.165, 1.54) is 12.1 Å². The smallest absolute Gasteiger partial charge is 0.201 e. The number of ketones is 1. The molecule has 0 aromatic heterocycles. The summed E-state index contributed by atoms with van der Waals surface area (Å²) in [5, 5.41) is 20.4. The molecule has 0 heterocycles. The van der Waals surface area contributed by atoms with E-state index in [-0.39, 0.29) is 34.3 Å². The van der Waals surface area contributed by atoms with Crippen LogP contribution in [0.2, 0.25) is 0 Å². The number of phenols is 2. The quantitative estimate of drug-likeness (QED) is 0.562. The Morgan fingerprint density at radius 2 is 1.17 bits per heavy atom. The van der Waals surface area contributed by atoms with Gasteiger partial charge in [0.2, 0.25) is 5.78 Å². The van der Waals surface area contributed by atoms with Gasteiger partial charge in [-0.3, -0.25) is 4.79 Å². The number of carbonyl (C=O) groups is 1. The minimum absolute atomic E-state index is 0.0534. The number of carbonyl (C=O) groups excluding carboxylic acids is 1. The molecule has 0 atom stereocenters. The highest BCUT2D eigenvalue weighted by Gasteiger charge is 2.35. The molecule has 1 aliphatic rings. The fraction of sp³-hybridized carbons (Fsp3) is 0.0500. The standard InChI is InChI=1S/C20H14O3/c21-15-10-4-8-13-17(12-6-2-1-3-7-12)14-9-5-11-16(22)19(14)20(23)18(13)15/h1-11,17,21-22H. The number of phenolic OH excluding ortho intramolecular Hbond substituents is 2. The SMILES string of the molecule is O=C1c2c(O)cccc2C(c2ccccc2)c2cccc(O)c21. The molecule has 1 aliphatic carbocycles. The van der Waals surface area contributed by atoms with Gasteiger partial charge < -0.3 is 10.2 Å². The second-order valence-corrected chi connectivity index (χ2v) is 5.66. The summed E-state index contributed by atoms with van der Waals surface area (Å²) in [5.41, 5.74) is 3.09. The number of benzene rings is 3. The molecule has 0 spiro atoms. The van der Waals surface area contributed by atoms with Gasteiger partial charge in [0.1, 0.15) is 11.5 Å². The summed E-state index contributed by atoms with van der Waals surface area (Å²) >= 11 is 0. The van der Waals surface area contributed by atoms with E-state index in [2.05, 4.69) is 0 Å². The minimum atomic E-state index is -0.335. The summed E-state index contributed by atoms with van der Waals surface area (Å²) in [4.78, 5) is 12.8. The fourth-order valence-electron chi connectivity index (χ4n) is 3.39. The second-order valence-electron chi connectivity index (χ2n) is 5.66. The molecule has 0 amide bonds. The van der Waals surface area contributed by atoms with E-state index in [1.807, 2.05) is 42.5 Å². The molecule has 112 valence electrons. The topological polar surface area (TPSA) is 57.5 Å². The van der Waals surface area contributed by atoms with Gasteiger partial charge in [-0.15, -0.1) is 0 Å². The van der Waals surface area contributed by atoms with E-state index in [0.29, 0.717) is 0 Å². The molecular formula is C20H14O3. The first-order valence-electron chi connectivity index (χ1n) is 7.42. The lowest BCUT2D eigenvalue weighted by atomic mass is 9.74. The summed E-state index contributed by atoms with van der Waals surface area (Å²) in [7, 11) is 0. The molecule has 0 fully saturated rings. The van der Waals surface area contributed by atoms with E-state index < -0.39 is 0 Å². The predicted octanol–water partition coefficient (Wildman–Crippen LogP) is 3.82. The third-order valence-corrected chi connectivity index (χ3v) is 4.36. The van der Waals surface area contributed by atoms with Gasteiger partial charge in [-0.05, 0) is 28.8 Å². The van der Waals surface area contributed by atoms with Crippen LogP contribution >= 0.6 is 0 Å². The maximum absolute atomic E-state index is 12.8. The van der Waals surface area contributed by atoms with Gasteiger partial charge in [0.05, 0.1) is 11.1 Å². The zero-order valence-corrected chi connectivity index (χ0v) is 12.2. The zero-order valence-electron chi connectivity index (χ0n) is 12.2. The van der Waals surface area contributed by atoms with Crippen molar-refractivity contribution in [2.24, 2.45) is 0 Å². The normalized spacial score (nSPS) is 13.5. The maximum atomic E-state index is 12.8. The summed E-state index contributed by atoms with van der Waals surface area (Å²) in [6, 6.07) is 20.0. The molecule has 0 unspecified atom stereocenters. The molecule has 0 saturated heterocycles. The second kappa shape index (κ2) is 4.99. The van der Waals surface area contributed by atoms with Crippen LogP contribution in [0.4, 0.5) is 0 Å². The Morgan fingerprint density at radius 1 is 0.652 bits per heavy atom. The van der Waals surface area contributed by atoms with E-state index in [9.17, 15) is 15.0 Å². The Kier molecular flexibility index (Phi) is 2.95. The highest BCUT2D eigenvalue weighted by atomic mass is 16.3. The predicted molar refractivity (Wildman–Crippen MR) is 87.0 cm³/mol. The third kappa shape index (κ3) is 1.94. The summed E-state index contributed by atoms with van der Waals surface area (Å²) in [6.45, 7) is 0. The van der Waals surface area contributed by atoms with E-state index in [1.54, 1.807) is 12.1 Å². The Hall–Kier alpha value is -3.07. The van der Waals surface area contributed by atoms with Crippen LogP contribution in [0.5, 0.6) is 11.5 Å². The highest BCUT2D eigenvalue weighted by molar-refractivity contribution is 6.16. The molecular weight excluding hydrogens is 288 g/mol. The van der Waals surface area contributed by atoms with Crippen LogP contribution in [0.3, 0.4) is 0 Å². The fourth-order valence-corrected chi connectivity index (χ4v) is 3.39. The van der Waals surface area contributed by atoms with Crippen molar-refractivity contribution in [3.8, 4) is 11.5 Å². The highest BCUT2D eigenvalue weighted by Crippen LogP contribution is 2.45. The van der Waals surface area contributed by atoms with Gasteiger partial charge in [-0.1, -0.05) is 54.6 Å². The lowest BCUT2D eigenvalue weighted by Crippen LogP contribution is -2.20. The van der Waals surface area contributed by atoms with Crippen molar-refractivity contribution >= 4 is 5.78 Å². The molecule has 3 heteroatoms. The van der Waals surface area contributed by atoms with Crippen molar-refractivity contribution in [1.82, 2.24) is 0 Å². The Bertz CT molecular complexity index is 858. The Morgan fingerprint density at radius 3 is 1.70 bits per heavy atom. The molecule has 0 saturated carbocycles. The lowest BCUT2D eigenvalue weighted by molar-refractivity contribution is 0.102. The monoisotopic (exact) mass is 302 g/mol. The van der Waals surface area contributed by atoms with Crippen molar-refractivity contribution in [2.45, 2.75) is 5.92 Å². The van der Waals surface area contributed by atoms with Crippen molar-refractivity contribution < 1.29 is 15.0 Å². The number of rotatable bonds is 1. The van der Waals surface area contributed by atoms with Crippen LogP contribution in [0.15, 0.2) is 66.7 Å². The zero-order chi connectivity index (χ0) is 16.0. The van der Waals surface area contributed by atoms with Gasteiger partial charge in [-0.2, -0.15) is 0 Å². The number of fused-ring (bicyclic) bond motifs is 2. The van der Waals surface area contributed by atoms with E-state index >= 15 is 0 Å². The van der Waals surface area contributed by atoms with Gasteiger partial charge in [0, 0.05) is 5.92 Å². The van der Waals surface area contributed by atoms with Crippen molar-refractivity contribution in [3.63, 3.8) is 0 Å². The molecule has 4 rings (SSSR count). The summed E-state index contributed by atoms with van der Waals surface area (Å²) in [5.74, 6) is -0.638. The molecule has 0 bridgehead atoms. The van der Waals surface area contributed by atoms with Crippen molar-refractivity contribution in [1.29, 1.82) is 0 Å². The molecule has 3 aromatic carbocycles. The Balaban J connectivity index is 2.09. The third-order valence-electron chi connectivity index (χ3n) is 4.36. The molecule has 3 aromatic rings. The van der Waals surface area contributed by atoms with Gasteiger partial charge in [0.25, 0.3) is 0 Å². The summed E-state index contributed by atoms with van der Waals surface area (Å²) in [6.07, 6.45) is 0. The average Bonchev–Trinajstić information content (AvgIpc) is 2.56. The minimum Gasteiger partial charge on any atom is -0.507 e. The maximum Gasteiger partial charge on any atom is 0.201 e. The summed E-state index contributed by atoms with van der Waals surface area (Å²) < 4.78 is 0. The first-order valence-corrected chi connectivity index (χ1v) is 7.42. The van der Waals surface area contributed by atoms with Crippen LogP contribution in [0.25, 0.3) is 0 Å². The molecule has 3 nitrogen and oxygen atoms in total. The van der Waals surface area contributed by atoms with Crippen LogP contribution in [0, 0.1) is 0 Å². The van der Waals surface area contributed by atoms with E-state index in [0.717, 1.165) is 16.7 Å². The molecule has 0 radical (unpaired) electrons. The number of hydrogen-bond donors (Lipinski definition) is 2. The van der Waals surface area contributed by atoms with Gasteiger partial charge in [0.15, 0.2) is 0 Å². The van der Waals surface area contributed by atoms with Crippen LogP contribution in [-0.2, 0) is 0 Å². The first kappa shape index (κ1) is 13.6. The van der Waals surface area contributed by atoms with Crippen LogP contribution < -0.4 is 0 Å². The van der Waals surface area contributed by atoms with Crippen molar-refractivity contribution in [2.75, 3.05) is 0 Å². The van der Waals surface area contributed by atoms with E-state index in [4.69, 9.17) is 0 Å². The van der Waals surface area contributed by atoms with Crippen LogP contribution in [0.1, 0.15) is 38.5 Å². The lowest BCUT2D eigenvalue weighted by Gasteiger charge is -2.28. The van der Waals surface area contributed by atoms with Crippen LogP contribution in [-0.4, -0.2) is 16.0 Å². The molecule has 0 aliphatic heterocycles. The molecule has 23 heavy (non-hydrogen) atoms. The average molecular weight is 302 g/mol. The van der Waals surface area contributed by atoms with Gasteiger partial charge >= 0.3 is 0 Å². The van der Waals surface area contributed by atoms with Crippen molar-refractivity contribution in [3.05, 3.63) is 94.5 Å².